The lowest BCUT2D eigenvalue weighted by molar-refractivity contribution is 0.668. The Hall–Kier alpha value is -6.33. The standard InChI is InChI=1S/C44H31N3O2/c1-2-3-5-12-28-19-21-29(22-20-28)32-25-26-38-40(35-16-9-11-18-37(35)48-38)41(32)44-46-42(30-13-6-4-7-14-30)45-43(47-44)31-23-24-34-33-15-8-10-17-36(33)49-39(34)27-31/h4-27H,2-3H2,1H3/b12-5-. The van der Waals surface area contributed by atoms with Crippen molar-refractivity contribution < 1.29 is 8.83 Å². The van der Waals surface area contributed by atoms with Gasteiger partial charge in [-0.1, -0.05) is 123 Å². The molecule has 0 atom stereocenters. The molecule has 9 rings (SSSR count). The van der Waals surface area contributed by atoms with Crippen molar-refractivity contribution in [1.29, 1.82) is 0 Å². The molecule has 0 aliphatic carbocycles. The van der Waals surface area contributed by atoms with Gasteiger partial charge in [-0.05, 0) is 59.5 Å². The predicted molar refractivity (Wildman–Crippen MR) is 200 cm³/mol. The molecule has 0 N–H and O–H groups in total. The molecule has 49 heavy (non-hydrogen) atoms. The van der Waals surface area contributed by atoms with Crippen LogP contribution in [0.4, 0.5) is 0 Å². The van der Waals surface area contributed by atoms with Gasteiger partial charge in [-0.25, -0.2) is 15.0 Å². The van der Waals surface area contributed by atoms with Gasteiger partial charge < -0.3 is 8.83 Å². The quantitative estimate of drug-likeness (QED) is 0.175. The Balaban J connectivity index is 1.30. The third-order valence-electron chi connectivity index (χ3n) is 9.06. The number of unbranched alkanes of at least 4 members (excludes halogenated alkanes) is 1. The number of fused-ring (bicyclic) bond motifs is 6. The molecule has 234 valence electrons. The number of allylic oxidation sites excluding steroid dienone is 1. The van der Waals surface area contributed by atoms with Gasteiger partial charge in [0.15, 0.2) is 17.5 Å². The molecule has 5 heteroatoms. The molecule has 0 unspecified atom stereocenters. The summed E-state index contributed by atoms with van der Waals surface area (Å²) >= 11 is 0. The van der Waals surface area contributed by atoms with Crippen molar-refractivity contribution in [3.8, 4) is 45.3 Å². The van der Waals surface area contributed by atoms with Gasteiger partial charge in [0, 0.05) is 38.2 Å². The van der Waals surface area contributed by atoms with Gasteiger partial charge in [0.1, 0.15) is 22.3 Å². The maximum absolute atomic E-state index is 6.39. The average molecular weight is 634 g/mol. The van der Waals surface area contributed by atoms with E-state index in [2.05, 4.69) is 79.7 Å². The molecule has 0 saturated carbocycles. The molecule has 9 aromatic rings. The zero-order valence-corrected chi connectivity index (χ0v) is 26.9. The molecular weight excluding hydrogens is 603 g/mol. The van der Waals surface area contributed by atoms with E-state index in [4.69, 9.17) is 23.8 Å². The van der Waals surface area contributed by atoms with Crippen LogP contribution in [0.15, 0.2) is 148 Å². The Bertz CT molecular complexity index is 2670. The van der Waals surface area contributed by atoms with Crippen molar-refractivity contribution >= 4 is 50.0 Å². The summed E-state index contributed by atoms with van der Waals surface area (Å²) in [6.45, 7) is 2.19. The van der Waals surface area contributed by atoms with Gasteiger partial charge in [-0.15, -0.1) is 0 Å². The summed E-state index contributed by atoms with van der Waals surface area (Å²) < 4.78 is 12.7. The number of nitrogens with zero attached hydrogens (tertiary/aromatic N) is 3. The molecule has 0 amide bonds. The first kappa shape index (κ1) is 28.9. The number of hydrogen-bond acceptors (Lipinski definition) is 5. The van der Waals surface area contributed by atoms with Gasteiger partial charge in [0.05, 0.1) is 0 Å². The summed E-state index contributed by atoms with van der Waals surface area (Å²) in [7, 11) is 0. The van der Waals surface area contributed by atoms with Crippen molar-refractivity contribution in [3.05, 3.63) is 145 Å². The van der Waals surface area contributed by atoms with E-state index < -0.39 is 0 Å². The fourth-order valence-electron chi connectivity index (χ4n) is 6.65. The fraction of sp³-hybridized carbons (Fsp3) is 0.0682. The summed E-state index contributed by atoms with van der Waals surface area (Å²) in [5.41, 5.74) is 9.17. The molecular formula is C44H31N3O2. The van der Waals surface area contributed by atoms with Crippen molar-refractivity contribution in [3.63, 3.8) is 0 Å². The van der Waals surface area contributed by atoms with Gasteiger partial charge in [-0.3, -0.25) is 0 Å². The van der Waals surface area contributed by atoms with Crippen LogP contribution in [0.25, 0.3) is 95.2 Å². The molecule has 5 nitrogen and oxygen atoms in total. The predicted octanol–water partition coefficient (Wildman–Crippen LogP) is 12.2. The van der Waals surface area contributed by atoms with Gasteiger partial charge in [0.2, 0.25) is 0 Å². The van der Waals surface area contributed by atoms with Crippen molar-refractivity contribution in [1.82, 2.24) is 15.0 Å². The number of aromatic nitrogens is 3. The van der Waals surface area contributed by atoms with Crippen LogP contribution in [-0.2, 0) is 0 Å². The smallest absolute Gasteiger partial charge is 0.165 e. The molecule has 0 fully saturated rings. The van der Waals surface area contributed by atoms with E-state index in [1.165, 1.54) is 5.56 Å². The lowest BCUT2D eigenvalue weighted by Crippen LogP contribution is -2.01. The Morgan fingerprint density at radius 3 is 1.94 bits per heavy atom. The normalized spacial score (nSPS) is 11.9. The number of furan rings is 2. The van der Waals surface area contributed by atoms with Gasteiger partial charge >= 0.3 is 0 Å². The van der Waals surface area contributed by atoms with E-state index in [0.29, 0.717) is 17.5 Å². The van der Waals surface area contributed by atoms with Gasteiger partial charge in [0.25, 0.3) is 0 Å². The van der Waals surface area contributed by atoms with E-state index >= 15 is 0 Å². The van der Waals surface area contributed by atoms with Gasteiger partial charge in [-0.2, -0.15) is 0 Å². The maximum atomic E-state index is 6.39. The molecule has 3 aromatic heterocycles. The Kier molecular flexibility index (Phi) is 7.09. The minimum Gasteiger partial charge on any atom is -0.456 e. The summed E-state index contributed by atoms with van der Waals surface area (Å²) in [6, 6.07) is 45.4. The molecule has 0 aliphatic rings. The summed E-state index contributed by atoms with van der Waals surface area (Å²) in [5.74, 6) is 1.74. The summed E-state index contributed by atoms with van der Waals surface area (Å²) in [5, 5.41) is 4.13. The highest BCUT2D eigenvalue weighted by Gasteiger charge is 2.22. The van der Waals surface area contributed by atoms with Crippen LogP contribution >= 0.6 is 0 Å². The molecule has 0 saturated heterocycles. The zero-order chi connectivity index (χ0) is 32.7. The second-order valence-corrected chi connectivity index (χ2v) is 12.3. The van der Waals surface area contributed by atoms with Crippen LogP contribution < -0.4 is 0 Å². The lowest BCUT2D eigenvalue weighted by Gasteiger charge is -2.14. The van der Waals surface area contributed by atoms with Crippen LogP contribution in [0, 0.1) is 0 Å². The van der Waals surface area contributed by atoms with Crippen molar-refractivity contribution in [2.75, 3.05) is 0 Å². The molecule has 3 heterocycles. The second kappa shape index (κ2) is 12.0. The first-order valence-electron chi connectivity index (χ1n) is 16.7. The van der Waals surface area contributed by atoms with Crippen LogP contribution in [0.1, 0.15) is 25.3 Å². The number of rotatable bonds is 7. The van der Waals surface area contributed by atoms with Crippen molar-refractivity contribution in [2.24, 2.45) is 0 Å². The van der Waals surface area contributed by atoms with Crippen LogP contribution in [-0.4, -0.2) is 15.0 Å². The average Bonchev–Trinajstić information content (AvgIpc) is 3.73. The van der Waals surface area contributed by atoms with E-state index in [9.17, 15) is 0 Å². The maximum Gasteiger partial charge on any atom is 0.165 e. The minimum absolute atomic E-state index is 0.568. The minimum atomic E-state index is 0.568. The molecule has 0 radical (unpaired) electrons. The third kappa shape index (κ3) is 5.17. The second-order valence-electron chi connectivity index (χ2n) is 12.3. The van der Waals surface area contributed by atoms with Crippen LogP contribution in [0.2, 0.25) is 0 Å². The largest absolute Gasteiger partial charge is 0.456 e. The first-order chi connectivity index (χ1) is 24.2. The van der Waals surface area contributed by atoms with Crippen molar-refractivity contribution in [2.45, 2.75) is 19.8 Å². The van der Waals surface area contributed by atoms with E-state index in [1.807, 2.05) is 72.8 Å². The van der Waals surface area contributed by atoms with Crippen LogP contribution in [0.3, 0.4) is 0 Å². The molecule has 0 spiro atoms. The van der Waals surface area contributed by atoms with E-state index in [1.54, 1.807) is 0 Å². The lowest BCUT2D eigenvalue weighted by atomic mass is 9.94. The highest BCUT2D eigenvalue weighted by atomic mass is 16.3. The molecule has 6 aromatic carbocycles. The molecule has 0 bridgehead atoms. The number of para-hydroxylation sites is 2. The Morgan fingerprint density at radius 2 is 1.14 bits per heavy atom. The zero-order valence-electron chi connectivity index (χ0n) is 26.9. The van der Waals surface area contributed by atoms with E-state index in [0.717, 1.165) is 84.5 Å². The Labute approximate surface area is 283 Å². The monoisotopic (exact) mass is 633 g/mol. The first-order valence-corrected chi connectivity index (χ1v) is 16.7. The van der Waals surface area contributed by atoms with Crippen LogP contribution in [0.5, 0.6) is 0 Å². The third-order valence-corrected chi connectivity index (χ3v) is 9.06. The topological polar surface area (TPSA) is 65.0 Å². The summed E-state index contributed by atoms with van der Waals surface area (Å²) in [6.07, 6.45) is 6.60. The SMILES string of the molecule is CCC/C=C\c1ccc(-c2ccc3oc4ccccc4c3c2-c2nc(-c3ccccc3)nc(-c3ccc4c(c3)oc3ccccc34)n2)cc1. The highest BCUT2D eigenvalue weighted by molar-refractivity contribution is 6.15. The highest BCUT2D eigenvalue weighted by Crippen LogP contribution is 2.42. The number of hydrogen-bond donors (Lipinski definition) is 0. The molecule has 0 aliphatic heterocycles. The van der Waals surface area contributed by atoms with E-state index in [-0.39, 0.29) is 0 Å². The summed E-state index contributed by atoms with van der Waals surface area (Å²) in [4.78, 5) is 15.5. The fourth-order valence-corrected chi connectivity index (χ4v) is 6.65. The Morgan fingerprint density at radius 1 is 0.510 bits per heavy atom. The number of benzene rings is 6.